The lowest BCUT2D eigenvalue weighted by Crippen LogP contribution is -2.54. The number of hydrogen-bond donors (Lipinski definition) is 1. The summed E-state index contributed by atoms with van der Waals surface area (Å²) in [5.74, 6) is -0.899. The van der Waals surface area contributed by atoms with E-state index in [1.165, 1.54) is 47.4 Å². The molecule has 1 fully saturated rings. The van der Waals surface area contributed by atoms with Gasteiger partial charge in [-0.25, -0.2) is 28.5 Å². The van der Waals surface area contributed by atoms with E-state index in [0.717, 1.165) is 4.57 Å². The average molecular weight is 684 g/mol. The van der Waals surface area contributed by atoms with Gasteiger partial charge in [0.15, 0.2) is 23.1 Å². The number of aromatic hydroxyl groups is 1. The minimum Gasteiger partial charge on any atom is -0.508 e. The summed E-state index contributed by atoms with van der Waals surface area (Å²) in [7, 11) is 6.07. The largest absolute Gasteiger partial charge is 0.508 e. The van der Waals surface area contributed by atoms with E-state index in [0.29, 0.717) is 45.0 Å². The zero-order valence-electron chi connectivity index (χ0n) is 28.6. The van der Waals surface area contributed by atoms with E-state index in [1.807, 2.05) is 6.08 Å². The molecule has 260 valence electrons. The van der Waals surface area contributed by atoms with Crippen LogP contribution in [0.15, 0.2) is 68.0 Å². The van der Waals surface area contributed by atoms with Gasteiger partial charge in [0.1, 0.15) is 17.2 Å². The Morgan fingerprint density at radius 2 is 1.70 bits per heavy atom. The minimum atomic E-state index is -1.26. The second-order valence-corrected chi connectivity index (χ2v) is 13.2. The molecule has 3 heterocycles. The Hall–Kier alpha value is -5.66. The molecule has 0 unspecified atom stereocenters. The van der Waals surface area contributed by atoms with Crippen molar-refractivity contribution in [3.63, 3.8) is 0 Å². The quantitative estimate of drug-likeness (QED) is 0.286. The van der Waals surface area contributed by atoms with Gasteiger partial charge in [0.05, 0.1) is 50.4 Å². The molecule has 14 heteroatoms. The van der Waals surface area contributed by atoms with Gasteiger partial charge in [0.2, 0.25) is 0 Å². The van der Waals surface area contributed by atoms with E-state index >= 15 is 0 Å². The number of Topliss-reactive ketones (excluding diaryl/α,β-unsaturated/α-hetero) is 1. The molecule has 0 radical (unpaired) electrons. The first-order chi connectivity index (χ1) is 23.8. The first kappa shape index (κ1) is 32.9. The van der Waals surface area contributed by atoms with Gasteiger partial charge >= 0.3 is 11.4 Å². The summed E-state index contributed by atoms with van der Waals surface area (Å²) in [6.45, 7) is 3.26. The zero-order chi connectivity index (χ0) is 35.8. The van der Waals surface area contributed by atoms with Crippen LogP contribution in [0.2, 0.25) is 0 Å². The van der Waals surface area contributed by atoms with Crippen molar-refractivity contribution in [1.82, 2.24) is 23.5 Å². The number of allylic oxidation sites excluding steroid dienone is 4. The summed E-state index contributed by atoms with van der Waals surface area (Å²) in [5.41, 5.74) is -0.273. The van der Waals surface area contributed by atoms with Gasteiger partial charge in [0, 0.05) is 55.6 Å². The van der Waals surface area contributed by atoms with Crippen molar-refractivity contribution in [2.45, 2.75) is 51.7 Å². The van der Waals surface area contributed by atoms with Gasteiger partial charge in [-0.15, -0.1) is 0 Å². The van der Waals surface area contributed by atoms with E-state index in [1.54, 1.807) is 45.2 Å². The number of carbonyl (C=O) groups is 2. The number of phenols is 1. The van der Waals surface area contributed by atoms with Crippen molar-refractivity contribution in [2.24, 2.45) is 18.4 Å². The Balaban J connectivity index is 1.30. The molecule has 3 aliphatic rings. The van der Waals surface area contributed by atoms with Crippen LogP contribution in [-0.4, -0.2) is 61.5 Å². The van der Waals surface area contributed by atoms with Crippen molar-refractivity contribution < 1.29 is 28.9 Å². The van der Waals surface area contributed by atoms with E-state index < -0.39 is 34.7 Å². The number of phenolic OH excluding ortho intramolecular Hbond substituents is 1. The molecule has 0 bridgehead atoms. The Morgan fingerprint density at radius 1 is 0.980 bits per heavy atom. The second kappa shape index (κ2) is 11.7. The first-order valence-corrected chi connectivity index (χ1v) is 16.2. The standard InChI is InChI=1S/C36H37N5O9/c1-18-13-28(43)22-15-25-20(31(36(22,2)32(18)44)21-8-7-19(48-4)14-27(21)42)9-12-40-34(46)39(35(47)41(25)40)11-10-23-33(45)38(3)26-17-30(50-6)29(49-5)16-24(26)37-23/h7-9,13-14,16-17,22,25,31,42H,10-12,15H2,1-6H3/t22-,25+,31+,36+/m0/s1. The molecule has 7 rings (SSSR count). The molecule has 2 aliphatic carbocycles. The highest BCUT2D eigenvalue weighted by Crippen LogP contribution is 2.60. The maximum atomic E-state index is 14.2. The normalized spacial score (nSPS) is 22.7. The smallest absolute Gasteiger partial charge is 0.347 e. The highest BCUT2D eigenvalue weighted by atomic mass is 16.5. The van der Waals surface area contributed by atoms with Gasteiger partial charge < -0.3 is 23.9 Å². The maximum Gasteiger partial charge on any atom is 0.347 e. The van der Waals surface area contributed by atoms with Gasteiger partial charge in [-0.1, -0.05) is 19.1 Å². The molecule has 1 saturated carbocycles. The lowest BCUT2D eigenvalue weighted by atomic mass is 9.51. The van der Waals surface area contributed by atoms with E-state index in [2.05, 4.69) is 4.98 Å². The van der Waals surface area contributed by atoms with Crippen LogP contribution in [0.3, 0.4) is 0 Å². The first-order valence-electron chi connectivity index (χ1n) is 16.2. The summed E-state index contributed by atoms with van der Waals surface area (Å²) < 4.78 is 21.3. The molecule has 1 N–H and O–H groups in total. The molecular weight excluding hydrogens is 646 g/mol. The highest BCUT2D eigenvalue weighted by Gasteiger charge is 2.60. The van der Waals surface area contributed by atoms with Crippen LogP contribution in [0.1, 0.15) is 43.5 Å². The number of rotatable bonds is 7. The maximum absolute atomic E-state index is 14.2. The van der Waals surface area contributed by atoms with Gasteiger partial charge in [-0.2, -0.15) is 0 Å². The number of ketones is 2. The van der Waals surface area contributed by atoms with Crippen LogP contribution in [0, 0.1) is 11.3 Å². The highest BCUT2D eigenvalue weighted by molar-refractivity contribution is 6.13. The van der Waals surface area contributed by atoms with Crippen LogP contribution in [0.25, 0.3) is 11.0 Å². The van der Waals surface area contributed by atoms with Crippen molar-refractivity contribution >= 4 is 22.6 Å². The van der Waals surface area contributed by atoms with Crippen LogP contribution < -0.4 is 31.1 Å². The fraction of sp³-hybridized carbons (Fsp3) is 0.389. The molecule has 14 nitrogen and oxygen atoms in total. The topological polar surface area (TPSA) is 166 Å². The summed E-state index contributed by atoms with van der Waals surface area (Å²) in [4.78, 5) is 73.5. The second-order valence-electron chi connectivity index (χ2n) is 13.2. The number of nitrogens with zero attached hydrogens (tertiary/aromatic N) is 5. The van der Waals surface area contributed by atoms with Crippen LogP contribution in [0.4, 0.5) is 0 Å². The van der Waals surface area contributed by atoms with Crippen LogP contribution in [0.5, 0.6) is 23.0 Å². The predicted molar refractivity (Wildman–Crippen MR) is 181 cm³/mol. The van der Waals surface area contributed by atoms with Crippen molar-refractivity contribution in [1.29, 1.82) is 0 Å². The summed E-state index contributed by atoms with van der Waals surface area (Å²) >= 11 is 0. The number of hydrogen-bond acceptors (Lipinski definition) is 10. The molecule has 0 amide bonds. The van der Waals surface area contributed by atoms with Crippen LogP contribution >= 0.6 is 0 Å². The zero-order valence-corrected chi connectivity index (χ0v) is 28.6. The number of aryl methyl sites for hydroxylation is 2. The summed E-state index contributed by atoms with van der Waals surface area (Å²) in [6.07, 6.45) is 3.26. The van der Waals surface area contributed by atoms with Gasteiger partial charge in [-0.3, -0.25) is 14.4 Å². The van der Waals surface area contributed by atoms with Gasteiger partial charge in [0.25, 0.3) is 5.56 Å². The molecule has 0 spiro atoms. The fourth-order valence-corrected chi connectivity index (χ4v) is 8.22. The predicted octanol–water partition coefficient (Wildman–Crippen LogP) is 2.42. The van der Waals surface area contributed by atoms with E-state index in [9.17, 15) is 29.1 Å². The number of carbonyl (C=O) groups excluding carboxylic acids is 2. The lowest BCUT2D eigenvalue weighted by molar-refractivity contribution is -0.139. The molecular formula is C36H37N5O9. The third kappa shape index (κ3) is 4.61. The third-order valence-electron chi connectivity index (χ3n) is 10.8. The molecule has 2 aromatic carbocycles. The van der Waals surface area contributed by atoms with E-state index in [-0.39, 0.29) is 54.5 Å². The number of methoxy groups -OCH3 is 3. The number of fused-ring (bicyclic) bond motifs is 5. The number of ether oxygens (including phenoxy) is 3. The number of aromatic nitrogens is 5. The molecule has 50 heavy (non-hydrogen) atoms. The molecule has 0 saturated heterocycles. The Bertz CT molecular complexity index is 2380. The fourth-order valence-electron chi connectivity index (χ4n) is 8.22. The molecule has 1 aliphatic heterocycles. The molecule has 4 aromatic rings. The van der Waals surface area contributed by atoms with Crippen LogP contribution in [-0.2, 0) is 36.1 Å². The van der Waals surface area contributed by atoms with Crippen molar-refractivity contribution in [3.8, 4) is 23.0 Å². The summed E-state index contributed by atoms with van der Waals surface area (Å²) in [5, 5.41) is 11.2. The third-order valence-corrected chi connectivity index (χ3v) is 10.8. The Labute approximate surface area is 285 Å². The minimum absolute atomic E-state index is 0.0127. The van der Waals surface area contributed by atoms with Crippen molar-refractivity contribution in [2.75, 3.05) is 21.3 Å². The lowest BCUT2D eigenvalue weighted by Gasteiger charge is -2.52. The number of benzene rings is 2. The van der Waals surface area contributed by atoms with E-state index in [4.69, 9.17) is 14.2 Å². The monoisotopic (exact) mass is 683 g/mol. The molecule has 4 atom stereocenters. The Morgan fingerprint density at radius 3 is 2.38 bits per heavy atom. The summed E-state index contributed by atoms with van der Waals surface area (Å²) in [6, 6.07) is 7.36. The molecule has 2 aromatic heterocycles. The SMILES string of the molecule is COc1ccc([C@H]2C3=CCn4c(=O)n(CCc5nc6cc(OC)c(OC)cc6n(C)c5=O)c(=O)n4[C@@H]3C[C@H]3C(=O)C=C(C)C(=O)[C@@]23C)c(O)c1. The van der Waals surface area contributed by atoms with Gasteiger partial charge in [-0.05, 0) is 36.6 Å². The van der Waals surface area contributed by atoms with Crippen molar-refractivity contribution in [3.05, 3.63) is 96.2 Å². The average Bonchev–Trinajstić information content (AvgIpc) is 3.35. The Kier molecular flexibility index (Phi) is 7.72.